The van der Waals surface area contributed by atoms with Crippen molar-refractivity contribution < 1.29 is 14.3 Å². The standard InChI is InChI=1S/C23H24N2O3/c1-3-27-23(26)24(2)16-21-19-13-9-15-25(19)22(17-10-5-4-6-11-17)18-12-7-8-14-20(18)28-21/h4-15,21-22H,3,16H2,1-2H3. The number of para-hydroxylation sites is 1. The maximum atomic E-state index is 12.1. The molecule has 2 unspecified atom stereocenters. The molecule has 0 saturated carbocycles. The van der Waals surface area contributed by atoms with Gasteiger partial charge in [0.1, 0.15) is 5.75 Å². The van der Waals surface area contributed by atoms with E-state index in [0.717, 1.165) is 17.0 Å². The minimum atomic E-state index is -0.346. The normalized spacial score (nSPS) is 17.6. The van der Waals surface area contributed by atoms with Gasteiger partial charge in [-0.05, 0) is 30.7 Å². The third-order valence-corrected chi connectivity index (χ3v) is 5.04. The number of amides is 1. The van der Waals surface area contributed by atoms with Crippen LogP contribution < -0.4 is 4.74 Å². The van der Waals surface area contributed by atoms with Crippen LogP contribution in [-0.4, -0.2) is 35.8 Å². The van der Waals surface area contributed by atoms with Crippen molar-refractivity contribution in [1.29, 1.82) is 0 Å². The number of hydrogen-bond donors (Lipinski definition) is 0. The number of likely N-dealkylation sites (N-methyl/N-ethyl adjacent to an activating group) is 1. The molecule has 0 bridgehead atoms. The van der Waals surface area contributed by atoms with Gasteiger partial charge in [0.2, 0.25) is 0 Å². The summed E-state index contributed by atoms with van der Waals surface area (Å²) in [6.45, 7) is 2.56. The lowest BCUT2D eigenvalue weighted by Gasteiger charge is -2.24. The van der Waals surface area contributed by atoms with Crippen LogP contribution in [0.2, 0.25) is 0 Å². The lowest BCUT2D eigenvalue weighted by molar-refractivity contribution is 0.0928. The van der Waals surface area contributed by atoms with E-state index in [1.165, 1.54) is 5.56 Å². The summed E-state index contributed by atoms with van der Waals surface area (Å²) in [6, 6.07) is 22.6. The molecule has 1 aromatic heterocycles. The fourth-order valence-corrected chi connectivity index (χ4v) is 3.76. The first-order valence-corrected chi connectivity index (χ1v) is 9.54. The minimum Gasteiger partial charge on any atom is -0.482 e. The average molecular weight is 376 g/mol. The Morgan fingerprint density at radius 1 is 1.07 bits per heavy atom. The van der Waals surface area contributed by atoms with Crippen molar-refractivity contribution in [1.82, 2.24) is 9.47 Å². The van der Waals surface area contributed by atoms with Gasteiger partial charge in [0.05, 0.1) is 24.9 Å². The number of rotatable bonds is 4. The van der Waals surface area contributed by atoms with E-state index in [1.54, 1.807) is 18.9 Å². The van der Waals surface area contributed by atoms with Gasteiger partial charge in [0, 0.05) is 18.8 Å². The maximum Gasteiger partial charge on any atom is 0.409 e. The number of hydrogen-bond acceptors (Lipinski definition) is 3. The lowest BCUT2D eigenvalue weighted by Crippen LogP contribution is -2.33. The molecule has 1 aliphatic heterocycles. The van der Waals surface area contributed by atoms with Crippen molar-refractivity contribution >= 4 is 6.09 Å². The summed E-state index contributed by atoms with van der Waals surface area (Å²) in [7, 11) is 1.74. The van der Waals surface area contributed by atoms with Gasteiger partial charge >= 0.3 is 6.09 Å². The molecule has 0 saturated heterocycles. The monoisotopic (exact) mass is 376 g/mol. The molecule has 2 aromatic carbocycles. The van der Waals surface area contributed by atoms with Crippen molar-refractivity contribution in [2.75, 3.05) is 20.2 Å². The van der Waals surface area contributed by atoms with E-state index in [4.69, 9.17) is 9.47 Å². The second-order valence-corrected chi connectivity index (χ2v) is 6.88. The molecule has 0 N–H and O–H groups in total. The van der Waals surface area contributed by atoms with Gasteiger partial charge < -0.3 is 18.9 Å². The van der Waals surface area contributed by atoms with Crippen LogP contribution in [-0.2, 0) is 4.74 Å². The molecule has 5 heteroatoms. The molecule has 2 atom stereocenters. The zero-order valence-corrected chi connectivity index (χ0v) is 16.1. The smallest absolute Gasteiger partial charge is 0.409 e. The van der Waals surface area contributed by atoms with Gasteiger partial charge in [-0.15, -0.1) is 0 Å². The molecule has 1 amide bonds. The molecule has 0 aliphatic carbocycles. The number of benzene rings is 2. The second kappa shape index (κ2) is 7.80. The maximum absolute atomic E-state index is 12.1. The van der Waals surface area contributed by atoms with Crippen LogP contribution in [0.25, 0.3) is 0 Å². The molecule has 2 heterocycles. The van der Waals surface area contributed by atoms with E-state index < -0.39 is 0 Å². The van der Waals surface area contributed by atoms with Crippen molar-refractivity contribution in [3.05, 3.63) is 89.7 Å². The molecule has 0 fully saturated rings. The zero-order chi connectivity index (χ0) is 19.5. The van der Waals surface area contributed by atoms with Crippen LogP contribution in [0.1, 0.15) is 35.9 Å². The Bertz CT molecular complexity index is 951. The van der Waals surface area contributed by atoms with Crippen LogP contribution >= 0.6 is 0 Å². The fourth-order valence-electron chi connectivity index (χ4n) is 3.76. The molecule has 4 rings (SSSR count). The molecule has 1 aliphatic rings. The van der Waals surface area contributed by atoms with Crippen LogP contribution in [0.15, 0.2) is 72.9 Å². The molecule has 0 spiro atoms. The predicted octanol–water partition coefficient (Wildman–Crippen LogP) is 4.65. The first kappa shape index (κ1) is 18.2. The number of nitrogens with zero attached hydrogens (tertiary/aromatic N) is 2. The van der Waals surface area contributed by atoms with Crippen LogP contribution in [0, 0.1) is 0 Å². The zero-order valence-electron chi connectivity index (χ0n) is 16.1. The number of carbonyl (C=O) groups is 1. The summed E-state index contributed by atoms with van der Waals surface area (Å²) < 4.78 is 13.8. The summed E-state index contributed by atoms with van der Waals surface area (Å²) >= 11 is 0. The van der Waals surface area contributed by atoms with E-state index in [1.807, 2.05) is 30.3 Å². The Labute approximate surface area is 165 Å². The van der Waals surface area contributed by atoms with Gasteiger partial charge in [0.15, 0.2) is 6.10 Å². The highest BCUT2D eigenvalue weighted by Crippen LogP contribution is 2.40. The molecule has 5 nitrogen and oxygen atoms in total. The Balaban J connectivity index is 1.77. The van der Waals surface area contributed by atoms with Gasteiger partial charge in [-0.3, -0.25) is 0 Å². The van der Waals surface area contributed by atoms with Gasteiger partial charge in [0.25, 0.3) is 0 Å². The average Bonchev–Trinajstić information content (AvgIpc) is 3.14. The van der Waals surface area contributed by atoms with Crippen LogP contribution in [0.5, 0.6) is 5.75 Å². The molecule has 3 aromatic rings. The van der Waals surface area contributed by atoms with Crippen molar-refractivity contribution in [3.8, 4) is 5.75 Å². The first-order valence-electron chi connectivity index (χ1n) is 9.54. The number of carbonyl (C=O) groups excluding carboxylic acids is 1. The number of aromatic nitrogens is 1. The number of ether oxygens (including phenoxy) is 2. The Kier molecular flexibility index (Phi) is 5.06. The number of fused-ring (bicyclic) bond motifs is 2. The summed E-state index contributed by atoms with van der Waals surface area (Å²) in [5.74, 6) is 0.835. The molecule has 28 heavy (non-hydrogen) atoms. The van der Waals surface area contributed by atoms with E-state index in [9.17, 15) is 4.79 Å². The van der Waals surface area contributed by atoms with E-state index >= 15 is 0 Å². The lowest BCUT2D eigenvalue weighted by atomic mass is 9.97. The Morgan fingerprint density at radius 2 is 1.82 bits per heavy atom. The van der Waals surface area contributed by atoms with Gasteiger partial charge in [-0.2, -0.15) is 0 Å². The van der Waals surface area contributed by atoms with Crippen LogP contribution in [0.3, 0.4) is 0 Å². The van der Waals surface area contributed by atoms with Gasteiger partial charge in [-0.25, -0.2) is 4.79 Å². The molecule has 0 radical (unpaired) electrons. The highest BCUT2D eigenvalue weighted by molar-refractivity contribution is 5.67. The summed E-state index contributed by atoms with van der Waals surface area (Å²) in [5.41, 5.74) is 3.32. The molecule has 144 valence electrons. The van der Waals surface area contributed by atoms with E-state index in [-0.39, 0.29) is 18.2 Å². The quantitative estimate of drug-likeness (QED) is 0.666. The highest BCUT2D eigenvalue weighted by Gasteiger charge is 2.31. The summed E-state index contributed by atoms with van der Waals surface area (Å²) in [5, 5.41) is 0. The van der Waals surface area contributed by atoms with Crippen molar-refractivity contribution in [2.45, 2.75) is 19.1 Å². The predicted molar refractivity (Wildman–Crippen MR) is 108 cm³/mol. The SMILES string of the molecule is CCOC(=O)N(C)CC1Oc2ccccc2C(c2ccccc2)n2cccc21. The van der Waals surface area contributed by atoms with Gasteiger partial charge in [-0.1, -0.05) is 48.5 Å². The summed E-state index contributed by atoms with van der Waals surface area (Å²) in [4.78, 5) is 13.7. The Morgan fingerprint density at radius 3 is 2.61 bits per heavy atom. The van der Waals surface area contributed by atoms with E-state index in [0.29, 0.717) is 13.2 Å². The van der Waals surface area contributed by atoms with Crippen molar-refractivity contribution in [3.63, 3.8) is 0 Å². The first-order chi connectivity index (χ1) is 13.7. The second-order valence-electron chi connectivity index (χ2n) is 6.88. The van der Waals surface area contributed by atoms with Crippen molar-refractivity contribution in [2.24, 2.45) is 0 Å². The third-order valence-electron chi connectivity index (χ3n) is 5.04. The van der Waals surface area contributed by atoms with E-state index in [2.05, 4.69) is 47.2 Å². The fraction of sp³-hybridized carbons (Fsp3) is 0.261. The third kappa shape index (κ3) is 3.36. The Hall–Kier alpha value is -3.21. The highest BCUT2D eigenvalue weighted by atomic mass is 16.6. The van der Waals surface area contributed by atoms with Crippen LogP contribution in [0.4, 0.5) is 4.79 Å². The summed E-state index contributed by atoms with van der Waals surface area (Å²) in [6.07, 6.45) is 1.44. The molecular formula is C23H24N2O3. The molecular weight excluding hydrogens is 352 g/mol. The minimum absolute atomic E-state index is 0.0142. The largest absolute Gasteiger partial charge is 0.482 e. The topological polar surface area (TPSA) is 43.7 Å².